The second-order valence-corrected chi connectivity index (χ2v) is 9.51. The number of hydrogen-bond donors (Lipinski definition) is 1. The van der Waals surface area contributed by atoms with Gasteiger partial charge in [-0.15, -0.1) is 11.3 Å². The van der Waals surface area contributed by atoms with E-state index in [1.54, 1.807) is 11.3 Å². The zero-order valence-electron chi connectivity index (χ0n) is 19.1. The average Bonchev–Trinajstić information content (AvgIpc) is 3.43. The highest BCUT2D eigenvalue weighted by molar-refractivity contribution is 7.12. The summed E-state index contributed by atoms with van der Waals surface area (Å²) < 4.78 is 8.11. The van der Waals surface area contributed by atoms with E-state index in [1.807, 2.05) is 30.5 Å². The summed E-state index contributed by atoms with van der Waals surface area (Å²) in [5.41, 5.74) is 10.5. The van der Waals surface area contributed by atoms with Gasteiger partial charge in [0.2, 0.25) is 0 Å². The third kappa shape index (κ3) is 5.11. The molecule has 0 bridgehead atoms. The Morgan fingerprint density at radius 3 is 2.88 bits per heavy atom. The Balaban J connectivity index is 1.42. The molecule has 1 saturated heterocycles. The maximum absolute atomic E-state index is 6.21. The molecule has 5 rings (SSSR count). The van der Waals surface area contributed by atoms with Gasteiger partial charge in [-0.05, 0) is 68.1 Å². The van der Waals surface area contributed by atoms with Crippen LogP contribution >= 0.6 is 11.3 Å². The number of fused-ring (bicyclic) bond motifs is 1. The number of imidazole rings is 1. The molecule has 3 heterocycles. The standard InChI is InChI=1S/C26H31N5OS/c1-2-32-21-9-6-19(7-10-21)17-25-29-22-18-20(28-26(27)24-5-3-16-33-24)8-11-23(22)31(25)15-14-30-12-4-13-30/h3,5-9,11,16,18,21H,2,4,10,12-15,17H2,1H3,(H2,27,28). The summed E-state index contributed by atoms with van der Waals surface area (Å²) in [4.78, 5) is 13.2. The Morgan fingerprint density at radius 1 is 1.27 bits per heavy atom. The second kappa shape index (κ2) is 10.0. The lowest BCUT2D eigenvalue weighted by atomic mass is 10.0. The number of amidine groups is 1. The lowest BCUT2D eigenvalue weighted by molar-refractivity contribution is 0.0975. The molecular formula is C26H31N5OS. The first-order valence-electron chi connectivity index (χ1n) is 11.8. The van der Waals surface area contributed by atoms with E-state index in [2.05, 4.69) is 44.8 Å². The summed E-state index contributed by atoms with van der Waals surface area (Å²) in [6.45, 7) is 7.20. The number of benzene rings is 1. The van der Waals surface area contributed by atoms with E-state index in [0.29, 0.717) is 5.84 Å². The normalized spacial score (nSPS) is 19.1. The van der Waals surface area contributed by atoms with E-state index in [4.69, 9.17) is 15.5 Å². The number of thiophene rings is 1. The molecular weight excluding hydrogens is 430 g/mol. The van der Waals surface area contributed by atoms with Crippen molar-refractivity contribution < 1.29 is 4.74 Å². The number of rotatable bonds is 9. The Labute approximate surface area is 199 Å². The summed E-state index contributed by atoms with van der Waals surface area (Å²) >= 11 is 1.60. The lowest BCUT2D eigenvalue weighted by Gasteiger charge is -2.31. The smallest absolute Gasteiger partial charge is 0.141 e. The third-order valence-corrected chi connectivity index (χ3v) is 7.20. The molecule has 33 heavy (non-hydrogen) atoms. The molecule has 7 heteroatoms. The van der Waals surface area contributed by atoms with Crippen molar-refractivity contribution in [3.05, 3.63) is 70.2 Å². The minimum absolute atomic E-state index is 0.193. The maximum Gasteiger partial charge on any atom is 0.141 e. The molecule has 6 nitrogen and oxygen atoms in total. The van der Waals surface area contributed by atoms with Crippen molar-refractivity contribution in [2.24, 2.45) is 10.7 Å². The van der Waals surface area contributed by atoms with Gasteiger partial charge in [0, 0.05) is 26.1 Å². The number of ether oxygens (including phenoxy) is 1. The Kier molecular flexibility index (Phi) is 6.71. The molecule has 0 amide bonds. The molecule has 0 spiro atoms. The highest BCUT2D eigenvalue weighted by Gasteiger charge is 2.18. The highest BCUT2D eigenvalue weighted by Crippen LogP contribution is 2.26. The Hall–Kier alpha value is -2.74. The van der Waals surface area contributed by atoms with Gasteiger partial charge < -0.3 is 19.9 Å². The number of nitrogens with zero attached hydrogens (tertiary/aromatic N) is 4. The topological polar surface area (TPSA) is 68.7 Å². The summed E-state index contributed by atoms with van der Waals surface area (Å²) in [5, 5.41) is 2.01. The number of likely N-dealkylation sites (tertiary alicyclic amines) is 1. The van der Waals surface area contributed by atoms with Crippen LogP contribution in [0, 0.1) is 0 Å². The second-order valence-electron chi connectivity index (χ2n) is 8.57. The molecule has 1 unspecified atom stereocenters. The van der Waals surface area contributed by atoms with Crippen LogP contribution in [0.4, 0.5) is 5.69 Å². The first-order chi connectivity index (χ1) is 16.2. The predicted molar refractivity (Wildman–Crippen MR) is 136 cm³/mol. The van der Waals surface area contributed by atoms with Crippen LogP contribution in [0.3, 0.4) is 0 Å². The van der Waals surface area contributed by atoms with Crippen molar-refractivity contribution >= 4 is 33.9 Å². The van der Waals surface area contributed by atoms with Gasteiger partial charge in [-0.25, -0.2) is 9.98 Å². The SMILES string of the molecule is CCOC1C=CC(Cc2nc3cc(N=C(N)c4cccs4)ccc3n2CCN2CCC2)=CC1. The number of hydrogen-bond acceptors (Lipinski definition) is 5. The molecule has 1 aliphatic carbocycles. The van der Waals surface area contributed by atoms with Crippen LogP contribution in [-0.2, 0) is 17.7 Å². The number of aliphatic imine (C=N–C) groups is 1. The molecule has 1 aliphatic heterocycles. The third-order valence-electron chi connectivity index (χ3n) is 6.30. The lowest BCUT2D eigenvalue weighted by Crippen LogP contribution is -2.39. The number of nitrogens with two attached hydrogens (primary N) is 1. The highest BCUT2D eigenvalue weighted by atomic mass is 32.1. The zero-order valence-corrected chi connectivity index (χ0v) is 19.9. The van der Waals surface area contributed by atoms with E-state index in [1.165, 1.54) is 25.1 Å². The summed E-state index contributed by atoms with van der Waals surface area (Å²) in [7, 11) is 0. The van der Waals surface area contributed by atoms with Gasteiger partial charge in [0.25, 0.3) is 0 Å². The minimum Gasteiger partial charge on any atom is -0.383 e. The predicted octanol–water partition coefficient (Wildman–Crippen LogP) is 4.67. The van der Waals surface area contributed by atoms with Gasteiger partial charge in [0.15, 0.2) is 0 Å². The van der Waals surface area contributed by atoms with Crippen molar-refractivity contribution in [2.75, 3.05) is 26.2 Å². The van der Waals surface area contributed by atoms with Crippen molar-refractivity contribution in [1.29, 1.82) is 0 Å². The summed E-state index contributed by atoms with van der Waals surface area (Å²) in [6, 6.07) is 10.2. The molecule has 0 saturated carbocycles. The number of aromatic nitrogens is 2. The van der Waals surface area contributed by atoms with Crippen molar-refractivity contribution in [3.63, 3.8) is 0 Å². The molecule has 1 atom stereocenters. The number of allylic oxidation sites excluding steroid dienone is 2. The monoisotopic (exact) mass is 461 g/mol. The van der Waals surface area contributed by atoms with Gasteiger partial charge in [-0.1, -0.05) is 24.3 Å². The van der Waals surface area contributed by atoms with E-state index in [9.17, 15) is 0 Å². The summed E-state index contributed by atoms with van der Waals surface area (Å²) in [6.07, 6.45) is 9.90. The van der Waals surface area contributed by atoms with Crippen LogP contribution in [0.1, 0.15) is 30.5 Å². The molecule has 2 N–H and O–H groups in total. The largest absolute Gasteiger partial charge is 0.383 e. The van der Waals surface area contributed by atoms with E-state index in [0.717, 1.165) is 60.0 Å². The molecule has 1 fully saturated rings. The van der Waals surface area contributed by atoms with Crippen molar-refractivity contribution in [2.45, 2.75) is 38.8 Å². The molecule has 2 aromatic heterocycles. The van der Waals surface area contributed by atoms with Crippen LogP contribution < -0.4 is 5.73 Å². The van der Waals surface area contributed by atoms with E-state index < -0.39 is 0 Å². The molecule has 2 aliphatic rings. The van der Waals surface area contributed by atoms with Gasteiger partial charge in [-0.3, -0.25) is 0 Å². The fraction of sp³-hybridized carbons (Fsp3) is 0.385. The van der Waals surface area contributed by atoms with Crippen LogP contribution in [0.15, 0.2) is 64.5 Å². The van der Waals surface area contributed by atoms with Gasteiger partial charge in [0.05, 0.1) is 27.7 Å². The Morgan fingerprint density at radius 2 is 2.18 bits per heavy atom. The van der Waals surface area contributed by atoms with E-state index in [-0.39, 0.29) is 6.10 Å². The molecule has 0 radical (unpaired) electrons. The van der Waals surface area contributed by atoms with E-state index >= 15 is 0 Å². The summed E-state index contributed by atoms with van der Waals surface area (Å²) in [5.74, 6) is 1.65. The van der Waals surface area contributed by atoms with Gasteiger partial charge >= 0.3 is 0 Å². The van der Waals surface area contributed by atoms with Crippen molar-refractivity contribution in [3.8, 4) is 0 Å². The quantitative estimate of drug-likeness (QED) is 0.371. The Bertz CT molecular complexity index is 1190. The fourth-order valence-corrected chi connectivity index (χ4v) is 5.01. The van der Waals surface area contributed by atoms with Crippen LogP contribution in [-0.4, -0.2) is 52.6 Å². The first kappa shape index (κ1) is 22.1. The van der Waals surface area contributed by atoms with Gasteiger partial charge in [-0.2, -0.15) is 0 Å². The minimum atomic E-state index is 0.193. The van der Waals surface area contributed by atoms with Crippen LogP contribution in [0.2, 0.25) is 0 Å². The molecule has 3 aromatic rings. The molecule has 1 aromatic carbocycles. The van der Waals surface area contributed by atoms with Crippen LogP contribution in [0.25, 0.3) is 11.0 Å². The van der Waals surface area contributed by atoms with Crippen LogP contribution in [0.5, 0.6) is 0 Å². The fourth-order valence-electron chi connectivity index (χ4n) is 4.38. The maximum atomic E-state index is 6.21. The van der Waals surface area contributed by atoms with Crippen molar-refractivity contribution in [1.82, 2.24) is 14.5 Å². The average molecular weight is 462 g/mol. The zero-order chi connectivity index (χ0) is 22.6. The van der Waals surface area contributed by atoms with Gasteiger partial charge in [0.1, 0.15) is 11.7 Å². The molecule has 172 valence electrons. The first-order valence-corrected chi connectivity index (χ1v) is 12.7.